The molecular formula is C17H23N7O. The zero-order valence-corrected chi connectivity index (χ0v) is 14.2. The summed E-state index contributed by atoms with van der Waals surface area (Å²) in [5.74, 6) is 4.30. The van der Waals surface area contributed by atoms with E-state index in [1.54, 1.807) is 17.1 Å². The van der Waals surface area contributed by atoms with Crippen LogP contribution in [0.2, 0.25) is 0 Å². The molecule has 2 atom stereocenters. The third-order valence-electron chi connectivity index (χ3n) is 5.79. The first-order valence-corrected chi connectivity index (χ1v) is 9.32. The molecule has 8 heteroatoms. The standard InChI is InChI=1S/C17H23N7O/c25-15(5-7-24-8-6-18-22-24)23-9-13(11-1-2-11)14(10-23)17-19-16(20-21-17)12-3-4-12/h6,8,11-14H,1-5,7,9-10H2,(H,19,20,21)/t13-,14+/m1/s1. The second kappa shape index (κ2) is 5.93. The number of aromatic nitrogens is 6. The van der Waals surface area contributed by atoms with Crippen molar-refractivity contribution >= 4 is 5.91 Å². The molecule has 1 N–H and O–H groups in total. The second-order valence-corrected chi connectivity index (χ2v) is 7.68. The molecule has 0 aromatic carbocycles. The van der Waals surface area contributed by atoms with Gasteiger partial charge in [-0.05, 0) is 37.5 Å². The highest BCUT2D eigenvalue weighted by atomic mass is 16.2. The second-order valence-electron chi connectivity index (χ2n) is 7.68. The van der Waals surface area contributed by atoms with Crippen LogP contribution < -0.4 is 0 Å². The van der Waals surface area contributed by atoms with Gasteiger partial charge in [-0.25, -0.2) is 4.98 Å². The molecule has 3 fully saturated rings. The smallest absolute Gasteiger partial charge is 0.224 e. The Morgan fingerprint density at radius 2 is 2.12 bits per heavy atom. The molecule has 2 saturated carbocycles. The maximum Gasteiger partial charge on any atom is 0.224 e. The van der Waals surface area contributed by atoms with Crippen LogP contribution in [0.1, 0.15) is 55.6 Å². The number of rotatable bonds is 6. The van der Waals surface area contributed by atoms with Crippen molar-refractivity contribution in [2.24, 2.45) is 11.8 Å². The Hall–Kier alpha value is -2.25. The van der Waals surface area contributed by atoms with Gasteiger partial charge in [-0.15, -0.1) is 5.10 Å². The molecule has 0 radical (unpaired) electrons. The molecule has 5 rings (SSSR count). The number of nitrogens with zero attached hydrogens (tertiary/aromatic N) is 6. The molecular weight excluding hydrogens is 318 g/mol. The summed E-state index contributed by atoms with van der Waals surface area (Å²) in [5.41, 5.74) is 0. The van der Waals surface area contributed by atoms with Gasteiger partial charge in [0.25, 0.3) is 0 Å². The molecule has 1 aliphatic heterocycles. The Balaban J connectivity index is 1.27. The number of nitrogens with one attached hydrogen (secondary N) is 1. The van der Waals surface area contributed by atoms with E-state index in [4.69, 9.17) is 4.98 Å². The van der Waals surface area contributed by atoms with Crippen molar-refractivity contribution in [1.29, 1.82) is 0 Å². The molecule has 25 heavy (non-hydrogen) atoms. The van der Waals surface area contributed by atoms with E-state index >= 15 is 0 Å². The molecule has 1 saturated heterocycles. The van der Waals surface area contributed by atoms with Gasteiger partial charge in [-0.2, -0.15) is 5.10 Å². The van der Waals surface area contributed by atoms with Crippen molar-refractivity contribution in [3.05, 3.63) is 24.0 Å². The van der Waals surface area contributed by atoms with E-state index in [2.05, 4.69) is 20.5 Å². The predicted octanol–water partition coefficient (Wildman–Crippen LogP) is 1.32. The van der Waals surface area contributed by atoms with E-state index in [0.29, 0.717) is 30.7 Å². The Morgan fingerprint density at radius 1 is 1.24 bits per heavy atom. The highest BCUT2D eigenvalue weighted by Gasteiger charge is 2.45. The summed E-state index contributed by atoms with van der Waals surface area (Å²) >= 11 is 0. The van der Waals surface area contributed by atoms with Crippen LogP contribution in [0.3, 0.4) is 0 Å². The van der Waals surface area contributed by atoms with Gasteiger partial charge >= 0.3 is 0 Å². The Labute approximate surface area is 146 Å². The Morgan fingerprint density at radius 3 is 2.84 bits per heavy atom. The average Bonchev–Trinajstić information content (AvgIpc) is 3.49. The number of likely N-dealkylation sites (tertiary alicyclic amines) is 1. The van der Waals surface area contributed by atoms with E-state index in [1.165, 1.54) is 25.7 Å². The number of carbonyl (C=O) groups is 1. The van der Waals surface area contributed by atoms with E-state index < -0.39 is 0 Å². The van der Waals surface area contributed by atoms with Crippen LogP contribution in [-0.2, 0) is 11.3 Å². The molecule has 1 amide bonds. The van der Waals surface area contributed by atoms with Crippen molar-refractivity contribution in [2.75, 3.05) is 13.1 Å². The van der Waals surface area contributed by atoms with Crippen LogP contribution in [0.5, 0.6) is 0 Å². The summed E-state index contributed by atoms with van der Waals surface area (Å²) in [6, 6.07) is 0. The van der Waals surface area contributed by atoms with Gasteiger partial charge in [0, 0.05) is 37.5 Å². The van der Waals surface area contributed by atoms with Gasteiger partial charge in [0.2, 0.25) is 5.91 Å². The van der Waals surface area contributed by atoms with E-state index in [-0.39, 0.29) is 5.91 Å². The highest BCUT2D eigenvalue weighted by Crippen LogP contribution is 2.47. The van der Waals surface area contributed by atoms with Gasteiger partial charge in [0.1, 0.15) is 5.82 Å². The van der Waals surface area contributed by atoms with Crippen molar-refractivity contribution in [2.45, 2.75) is 50.5 Å². The maximum absolute atomic E-state index is 12.6. The minimum atomic E-state index is 0.200. The minimum absolute atomic E-state index is 0.200. The maximum atomic E-state index is 12.6. The largest absolute Gasteiger partial charge is 0.342 e. The van der Waals surface area contributed by atoms with Gasteiger partial charge < -0.3 is 4.90 Å². The van der Waals surface area contributed by atoms with Crippen molar-refractivity contribution < 1.29 is 4.79 Å². The lowest BCUT2D eigenvalue weighted by Crippen LogP contribution is -2.30. The fourth-order valence-corrected chi connectivity index (χ4v) is 4.02. The van der Waals surface area contributed by atoms with Crippen molar-refractivity contribution in [3.8, 4) is 0 Å². The number of aryl methyl sites for hydroxylation is 1. The first-order valence-electron chi connectivity index (χ1n) is 9.32. The van der Waals surface area contributed by atoms with Crippen LogP contribution >= 0.6 is 0 Å². The number of H-pyrrole nitrogens is 1. The first kappa shape index (κ1) is 15.0. The SMILES string of the molecule is O=C(CCn1ccnn1)N1C[C@H](c2nc(C3CC3)n[nH]2)[C@@H](C2CC2)C1. The predicted molar refractivity (Wildman–Crippen MR) is 88.5 cm³/mol. The van der Waals surface area contributed by atoms with Crippen LogP contribution in [-0.4, -0.2) is 54.1 Å². The molecule has 2 aliphatic carbocycles. The lowest BCUT2D eigenvalue weighted by molar-refractivity contribution is -0.130. The number of aromatic amines is 1. The number of hydrogen-bond acceptors (Lipinski definition) is 5. The van der Waals surface area contributed by atoms with Crippen LogP contribution in [0, 0.1) is 11.8 Å². The Kier molecular flexibility index (Phi) is 3.57. The molecule has 0 spiro atoms. The Bertz CT molecular complexity index is 747. The quantitative estimate of drug-likeness (QED) is 0.855. The molecule has 3 aliphatic rings. The summed E-state index contributed by atoms with van der Waals surface area (Å²) in [6.45, 7) is 2.20. The molecule has 0 unspecified atom stereocenters. The number of amides is 1. The highest BCUT2D eigenvalue weighted by molar-refractivity contribution is 5.76. The van der Waals surface area contributed by atoms with Gasteiger partial charge in [-0.1, -0.05) is 5.21 Å². The van der Waals surface area contributed by atoms with Gasteiger partial charge in [0.15, 0.2) is 5.82 Å². The lowest BCUT2D eigenvalue weighted by atomic mass is 9.91. The summed E-state index contributed by atoms with van der Waals surface area (Å²) in [5, 5.41) is 15.3. The summed E-state index contributed by atoms with van der Waals surface area (Å²) in [6.07, 6.45) is 8.89. The third kappa shape index (κ3) is 3.05. The van der Waals surface area contributed by atoms with Crippen LogP contribution in [0.25, 0.3) is 0 Å². The topological polar surface area (TPSA) is 92.6 Å². The number of carbonyl (C=O) groups excluding carboxylic acids is 1. The van der Waals surface area contributed by atoms with E-state index in [0.717, 1.165) is 30.7 Å². The molecule has 8 nitrogen and oxygen atoms in total. The van der Waals surface area contributed by atoms with Gasteiger partial charge in [0.05, 0.1) is 12.7 Å². The molecule has 2 aromatic heterocycles. The minimum Gasteiger partial charge on any atom is -0.342 e. The van der Waals surface area contributed by atoms with Crippen molar-refractivity contribution in [3.63, 3.8) is 0 Å². The lowest BCUT2D eigenvalue weighted by Gasteiger charge is -2.16. The van der Waals surface area contributed by atoms with Crippen molar-refractivity contribution in [1.82, 2.24) is 35.1 Å². The fraction of sp³-hybridized carbons (Fsp3) is 0.706. The van der Waals surface area contributed by atoms with Crippen LogP contribution in [0.15, 0.2) is 12.4 Å². The summed E-state index contributed by atoms with van der Waals surface area (Å²) in [7, 11) is 0. The molecule has 2 aromatic rings. The van der Waals surface area contributed by atoms with Gasteiger partial charge in [-0.3, -0.25) is 14.6 Å². The zero-order valence-electron chi connectivity index (χ0n) is 14.2. The monoisotopic (exact) mass is 341 g/mol. The molecule has 0 bridgehead atoms. The fourth-order valence-electron chi connectivity index (χ4n) is 4.02. The van der Waals surface area contributed by atoms with E-state index in [1.807, 2.05) is 4.90 Å². The average molecular weight is 341 g/mol. The normalized spacial score (nSPS) is 26.3. The summed E-state index contributed by atoms with van der Waals surface area (Å²) in [4.78, 5) is 19.4. The molecule has 132 valence electrons. The summed E-state index contributed by atoms with van der Waals surface area (Å²) < 4.78 is 1.71. The van der Waals surface area contributed by atoms with E-state index in [9.17, 15) is 4.79 Å². The number of hydrogen-bond donors (Lipinski definition) is 1. The first-order chi connectivity index (χ1) is 12.3. The molecule has 3 heterocycles. The zero-order chi connectivity index (χ0) is 16.8. The third-order valence-corrected chi connectivity index (χ3v) is 5.79. The van der Waals surface area contributed by atoms with Crippen LogP contribution in [0.4, 0.5) is 0 Å².